The summed E-state index contributed by atoms with van der Waals surface area (Å²) in [7, 11) is 0. The van der Waals surface area contributed by atoms with Crippen molar-refractivity contribution in [3.63, 3.8) is 0 Å². The summed E-state index contributed by atoms with van der Waals surface area (Å²) in [6.45, 7) is 5.98. The lowest BCUT2D eigenvalue weighted by Gasteiger charge is -2.26. The van der Waals surface area contributed by atoms with Crippen molar-refractivity contribution in [3.05, 3.63) is 71.8 Å². The monoisotopic (exact) mass is 390 g/mol. The number of nitrogens with zero attached hydrogens (tertiary/aromatic N) is 4. The van der Waals surface area contributed by atoms with Crippen LogP contribution in [0.1, 0.15) is 53.4 Å². The number of aromatic nitrogens is 2. The van der Waals surface area contributed by atoms with Crippen LogP contribution in [0.25, 0.3) is 5.52 Å². The lowest BCUT2D eigenvalue weighted by molar-refractivity contribution is 0.0687. The van der Waals surface area contributed by atoms with Gasteiger partial charge in [-0.25, -0.2) is 4.98 Å². The van der Waals surface area contributed by atoms with Crippen LogP contribution < -0.4 is 0 Å². The maximum absolute atomic E-state index is 13.5. The third kappa shape index (κ3) is 3.75. The molecule has 2 amide bonds. The minimum atomic E-state index is -0.159. The van der Waals surface area contributed by atoms with Gasteiger partial charge in [-0.1, -0.05) is 36.4 Å². The second-order valence-corrected chi connectivity index (χ2v) is 7.75. The zero-order chi connectivity index (χ0) is 20.4. The van der Waals surface area contributed by atoms with Gasteiger partial charge in [0.25, 0.3) is 11.8 Å². The number of rotatable bonds is 5. The topological polar surface area (TPSA) is 57.9 Å². The number of likely N-dealkylation sites (tertiary alicyclic amines) is 1. The number of amides is 2. The van der Waals surface area contributed by atoms with Crippen LogP contribution in [-0.4, -0.2) is 50.1 Å². The van der Waals surface area contributed by atoms with Crippen molar-refractivity contribution in [2.24, 2.45) is 0 Å². The molecule has 0 saturated carbocycles. The normalized spacial score (nSPS) is 14.0. The maximum Gasteiger partial charge on any atom is 0.290 e. The van der Waals surface area contributed by atoms with Crippen molar-refractivity contribution < 1.29 is 9.59 Å². The lowest BCUT2D eigenvalue weighted by Crippen LogP contribution is -2.36. The summed E-state index contributed by atoms with van der Waals surface area (Å²) in [4.78, 5) is 34.7. The predicted molar refractivity (Wildman–Crippen MR) is 112 cm³/mol. The van der Waals surface area contributed by atoms with Gasteiger partial charge in [0, 0.05) is 31.9 Å². The van der Waals surface area contributed by atoms with Crippen LogP contribution in [0.2, 0.25) is 0 Å². The first-order valence-corrected chi connectivity index (χ1v) is 10.2. The van der Waals surface area contributed by atoms with Gasteiger partial charge in [-0.15, -0.1) is 0 Å². The number of imidazole rings is 1. The summed E-state index contributed by atoms with van der Waals surface area (Å²) in [5.41, 5.74) is 2.06. The number of benzene rings is 1. The molecule has 2 aromatic heterocycles. The molecule has 1 saturated heterocycles. The van der Waals surface area contributed by atoms with E-state index in [1.165, 1.54) is 0 Å². The van der Waals surface area contributed by atoms with E-state index in [-0.39, 0.29) is 17.9 Å². The molecule has 1 aliphatic rings. The number of carbonyl (C=O) groups excluding carboxylic acids is 2. The molecule has 4 rings (SSSR count). The van der Waals surface area contributed by atoms with Crippen molar-refractivity contribution >= 4 is 17.3 Å². The van der Waals surface area contributed by atoms with Gasteiger partial charge in [0.2, 0.25) is 5.82 Å². The molecule has 1 fully saturated rings. The van der Waals surface area contributed by atoms with E-state index in [0.717, 1.165) is 31.5 Å². The van der Waals surface area contributed by atoms with Gasteiger partial charge < -0.3 is 9.80 Å². The molecular weight excluding hydrogens is 364 g/mol. The van der Waals surface area contributed by atoms with E-state index in [1.807, 2.05) is 67.3 Å². The van der Waals surface area contributed by atoms with Gasteiger partial charge >= 0.3 is 0 Å². The highest BCUT2D eigenvalue weighted by molar-refractivity contribution is 6.02. The Bertz CT molecular complexity index is 1020. The Balaban J connectivity index is 1.72. The molecule has 0 bridgehead atoms. The van der Waals surface area contributed by atoms with Crippen LogP contribution in [-0.2, 0) is 6.54 Å². The minimum Gasteiger partial charge on any atom is -0.336 e. The molecule has 1 aliphatic heterocycles. The van der Waals surface area contributed by atoms with Crippen molar-refractivity contribution in [1.82, 2.24) is 19.2 Å². The first-order chi connectivity index (χ1) is 14.1. The lowest BCUT2D eigenvalue weighted by atomic mass is 10.1. The Morgan fingerprint density at radius 2 is 1.72 bits per heavy atom. The Kier molecular flexibility index (Phi) is 5.34. The standard InChI is InChI=1S/C23H26N4O2/c1-17(2)27(16-18-10-4-3-5-11-18)22(28)20-19-12-6-7-15-26(19)21(24-20)23(29)25-13-8-9-14-25/h3-7,10-12,15,17H,8-9,13-14,16H2,1-2H3. The molecule has 0 N–H and O–H groups in total. The van der Waals surface area contributed by atoms with Crippen LogP contribution in [0.3, 0.4) is 0 Å². The minimum absolute atomic E-state index is 0.000835. The van der Waals surface area contributed by atoms with Crippen molar-refractivity contribution in [2.45, 2.75) is 39.3 Å². The van der Waals surface area contributed by atoms with Gasteiger partial charge in [-0.2, -0.15) is 0 Å². The largest absolute Gasteiger partial charge is 0.336 e. The van der Waals surface area contributed by atoms with E-state index in [2.05, 4.69) is 4.98 Å². The van der Waals surface area contributed by atoms with E-state index >= 15 is 0 Å². The van der Waals surface area contributed by atoms with Gasteiger partial charge in [-0.3, -0.25) is 14.0 Å². The molecule has 1 aromatic carbocycles. The highest BCUT2D eigenvalue weighted by atomic mass is 16.2. The summed E-state index contributed by atoms with van der Waals surface area (Å²) in [6, 6.07) is 15.5. The molecule has 3 aromatic rings. The SMILES string of the molecule is CC(C)N(Cc1ccccc1)C(=O)c1nc(C(=O)N2CCCC2)n2ccccc12. The highest BCUT2D eigenvalue weighted by Gasteiger charge is 2.29. The molecule has 0 spiro atoms. The van der Waals surface area contributed by atoms with E-state index in [1.54, 1.807) is 15.5 Å². The average molecular weight is 390 g/mol. The van der Waals surface area contributed by atoms with E-state index in [9.17, 15) is 9.59 Å². The third-order valence-electron chi connectivity index (χ3n) is 5.42. The predicted octanol–water partition coefficient (Wildman–Crippen LogP) is 3.62. The van der Waals surface area contributed by atoms with Crippen molar-refractivity contribution in [3.8, 4) is 0 Å². The van der Waals surface area contributed by atoms with Gasteiger partial charge in [0.1, 0.15) is 0 Å². The van der Waals surface area contributed by atoms with E-state index in [0.29, 0.717) is 23.6 Å². The van der Waals surface area contributed by atoms with Crippen molar-refractivity contribution in [1.29, 1.82) is 0 Å². The molecule has 0 aliphatic carbocycles. The van der Waals surface area contributed by atoms with E-state index < -0.39 is 0 Å². The van der Waals surface area contributed by atoms with Gasteiger partial charge in [0.05, 0.1) is 5.52 Å². The second kappa shape index (κ2) is 8.07. The Morgan fingerprint density at radius 1 is 1.03 bits per heavy atom. The van der Waals surface area contributed by atoms with Crippen molar-refractivity contribution in [2.75, 3.05) is 13.1 Å². The Labute approximate surface area is 170 Å². The number of fused-ring (bicyclic) bond motifs is 1. The van der Waals surface area contributed by atoms with Crippen LogP contribution in [0, 0.1) is 0 Å². The van der Waals surface area contributed by atoms with Gasteiger partial charge in [0.15, 0.2) is 5.69 Å². The second-order valence-electron chi connectivity index (χ2n) is 7.75. The van der Waals surface area contributed by atoms with Crippen LogP contribution in [0.5, 0.6) is 0 Å². The Hall–Kier alpha value is -3.15. The number of carbonyl (C=O) groups is 2. The average Bonchev–Trinajstić information content (AvgIpc) is 3.40. The molecule has 6 heteroatoms. The summed E-state index contributed by atoms with van der Waals surface area (Å²) in [5.74, 6) is 0.0456. The fourth-order valence-corrected chi connectivity index (χ4v) is 3.81. The molecule has 0 atom stereocenters. The summed E-state index contributed by atoms with van der Waals surface area (Å²) >= 11 is 0. The molecule has 3 heterocycles. The molecule has 0 radical (unpaired) electrons. The zero-order valence-electron chi connectivity index (χ0n) is 16.9. The molecule has 6 nitrogen and oxygen atoms in total. The molecule has 29 heavy (non-hydrogen) atoms. The summed E-state index contributed by atoms with van der Waals surface area (Å²) in [6.07, 6.45) is 3.83. The number of hydrogen-bond acceptors (Lipinski definition) is 3. The Morgan fingerprint density at radius 3 is 2.41 bits per heavy atom. The summed E-state index contributed by atoms with van der Waals surface area (Å²) < 4.78 is 1.74. The number of pyridine rings is 1. The molecule has 0 unspecified atom stereocenters. The quantitative estimate of drug-likeness (QED) is 0.669. The smallest absolute Gasteiger partial charge is 0.290 e. The van der Waals surface area contributed by atoms with Crippen LogP contribution in [0.15, 0.2) is 54.7 Å². The van der Waals surface area contributed by atoms with Gasteiger partial charge in [-0.05, 0) is 44.4 Å². The van der Waals surface area contributed by atoms with Crippen LogP contribution in [0.4, 0.5) is 0 Å². The van der Waals surface area contributed by atoms with Crippen LogP contribution >= 0.6 is 0 Å². The fourth-order valence-electron chi connectivity index (χ4n) is 3.81. The first-order valence-electron chi connectivity index (χ1n) is 10.2. The summed E-state index contributed by atoms with van der Waals surface area (Å²) in [5, 5.41) is 0. The fraction of sp³-hybridized carbons (Fsp3) is 0.348. The zero-order valence-corrected chi connectivity index (χ0v) is 16.9. The number of hydrogen-bond donors (Lipinski definition) is 0. The first kappa shape index (κ1) is 19.2. The molecular formula is C23H26N4O2. The highest BCUT2D eigenvalue weighted by Crippen LogP contribution is 2.21. The van der Waals surface area contributed by atoms with E-state index in [4.69, 9.17) is 0 Å². The maximum atomic E-state index is 13.5. The third-order valence-corrected chi connectivity index (χ3v) is 5.42. The molecule has 150 valence electrons.